The molecule has 0 unspecified atom stereocenters. The Labute approximate surface area is 104 Å². The fraction of sp³-hybridized carbons (Fsp3) is 0.100. The lowest BCUT2D eigenvalue weighted by molar-refractivity contribution is 0.0956. The zero-order valence-corrected chi connectivity index (χ0v) is 10.9. The molecule has 80 valence electrons. The number of hydrogen-bond donors (Lipinski definition) is 1. The summed E-state index contributed by atoms with van der Waals surface area (Å²) >= 11 is 6.13. The summed E-state index contributed by atoms with van der Waals surface area (Å²) in [6.45, 7) is 3.88. The summed E-state index contributed by atoms with van der Waals surface area (Å²) in [6, 6.07) is 4.31. The van der Waals surface area contributed by atoms with Crippen LogP contribution in [0.25, 0.3) is 0 Å². The zero-order chi connectivity index (χ0) is 11.4. The lowest BCUT2D eigenvalue weighted by Gasteiger charge is -2.06. The smallest absolute Gasteiger partial charge is 0.252 e. The summed E-state index contributed by atoms with van der Waals surface area (Å²) in [4.78, 5) is 11.6. The van der Waals surface area contributed by atoms with Gasteiger partial charge in [-0.25, -0.2) is 4.39 Å². The average molecular weight is 337 g/mol. The molecule has 0 heterocycles. The van der Waals surface area contributed by atoms with Gasteiger partial charge < -0.3 is 5.32 Å². The molecule has 0 aliphatic rings. The summed E-state index contributed by atoms with van der Waals surface area (Å²) in [5.41, 5.74) is 0.267. The van der Waals surface area contributed by atoms with Crippen LogP contribution in [-0.4, -0.2) is 12.5 Å². The fourth-order valence-corrected chi connectivity index (χ4v) is 1.54. The number of rotatable bonds is 3. The second kappa shape index (κ2) is 5.42. The maximum Gasteiger partial charge on any atom is 0.252 e. The molecule has 0 bridgehead atoms. The van der Waals surface area contributed by atoms with Crippen LogP contribution in [0, 0.1) is 5.82 Å². The first-order valence-corrected chi connectivity index (χ1v) is 5.66. The van der Waals surface area contributed by atoms with E-state index in [1.165, 1.54) is 12.1 Å². The molecule has 0 saturated carbocycles. The molecule has 1 aromatic rings. The SMILES string of the molecule is C=C(Br)CNC(=O)c1cccc(F)c1Br. The van der Waals surface area contributed by atoms with Crippen LogP contribution in [0.15, 0.2) is 33.7 Å². The van der Waals surface area contributed by atoms with Gasteiger partial charge in [0.1, 0.15) is 5.82 Å². The topological polar surface area (TPSA) is 29.1 Å². The zero-order valence-electron chi connectivity index (χ0n) is 7.69. The summed E-state index contributed by atoms with van der Waals surface area (Å²) < 4.78 is 13.9. The van der Waals surface area contributed by atoms with E-state index < -0.39 is 5.82 Å². The average Bonchev–Trinajstić information content (AvgIpc) is 2.18. The van der Waals surface area contributed by atoms with Gasteiger partial charge in [-0.1, -0.05) is 28.6 Å². The molecule has 0 aliphatic carbocycles. The van der Waals surface area contributed by atoms with E-state index in [-0.39, 0.29) is 15.9 Å². The van der Waals surface area contributed by atoms with Crippen molar-refractivity contribution in [2.24, 2.45) is 0 Å². The molecule has 1 N–H and O–H groups in total. The van der Waals surface area contributed by atoms with Crippen LogP contribution < -0.4 is 5.32 Å². The number of carbonyl (C=O) groups excluding carboxylic acids is 1. The van der Waals surface area contributed by atoms with E-state index in [9.17, 15) is 9.18 Å². The molecule has 0 atom stereocenters. The van der Waals surface area contributed by atoms with Gasteiger partial charge in [0.25, 0.3) is 5.91 Å². The van der Waals surface area contributed by atoms with Gasteiger partial charge in [-0.05, 0) is 28.1 Å². The fourth-order valence-electron chi connectivity index (χ4n) is 0.951. The second-order valence-corrected chi connectivity index (χ2v) is 4.72. The van der Waals surface area contributed by atoms with Crippen LogP contribution in [-0.2, 0) is 0 Å². The van der Waals surface area contributed by atoms with E-state index in [1.54, 1.807) is 6.07 Å². The molecule has 5 heteroatoms. The Morgan fingerprint density at radius 1 is 1.53 bits per heavy atom. The maximum absolute atomic E-state index is 13.1. The minimum atomic E-state index is -0.458. The normalized spacial score (nSPS) is 9.80. The highest BCUT2D eigenvalue weighted by Gasteiger charge is 2.12. The van der Waals surface area contributed by atoms with Crippen LogP contribution in [0.1, 0.15) is 10.4 Å². The minimum Gasteiger partial charge on any atom is -0.347 e. The molecule has 0 aliphatic heterocycles. The number of amides is 1. The minimum absolute atomic E-state index is 0.169. The highest BCUT2D eigenvalue weighted by atomic mass is 79.9. The van der Waals surface area contributed by atoms with Gasteiger partial charge in [0.15, 0.2) is 0 Å². The van der Waals surface area contributed by atoms with Crippen LogP contribution in [0.3, 0.4) is 0 Å². The van der Waals surface area contributed by atoms with E-state index in [0.717, 1.165) is 0 Å². The molecular weight excluding hydrogens is 329 g/mol. The van der Waals surface area contributed by atoms with Gasteiger partial charge in [-0.3, -0.25) is 4.79 Å². The predicted molar refractivity (Wildman–Crippen MR) is 64.5 cm³/mol. The number of benzene rings is 1. The number of hydrogen-bond acceptors (Lipinski definition) is 1. The van der Waals surface area contributed by atoms with Gasteiger partial charge in [-0.2, -0.15) is 0 Å². The van der Waals surface area contributed by atoms with Gasteiger partial charge in [-0.15, -0.1) is 0 Å². The lowest BCUT2D eigenvalue weighted by atomic mass is 10.2. The summed E-state index contributed by atoms with van der Waals surface area (Å²) in [5, 5.41) is 2.58. The molecule has 1 aromatic carbocycles. The van der Waals surface area contributed by atoms with Crippen molar-refractivity contribution in [2.75, 3.05) is 6.54 Å². The van der Waals surface area contributed by atoms with Crippen LogP contribution >= 0.6 is 31.9 Å². The molecule has 2 nitrogen and oxygen atoms in total. The Kier molecular flexibility index (Phi) is 4.47. The Morgan fingerprint density at radius 3 is 2.80 bits per heavy atom. The van der Waals surface area contributed by atoms with Gasteiger partial charge >= 0.3 is 0 Å². The monoisotopic (exact) mass is 335 g/mol. The molecule has 0 saturated heterocycles. The number of carbonyl (C=O) groups is 1. The third-order valence-corrected chi connectivity index (χ3v) is 2.72. The second-order valence-electron chi connectivity index (χ2n) is 2.80. The first-order chi connectivity index (χ1) is 7.02. The maximum atomic E-state index is 13.1. The molecule has 1 amide bonds. The molecule has 0 spiro atoms. The van der Waals surface area contributed by atoms with E-state index in [2.05, 4.69) is 43.8 Å². The molecular formula is C10H8Br2FNO. The Morgan fingerprint density at radius 2 is 2.20 bits per heavy atom. The van der Waals surface area contributed by atoms with E-state index in [1.807, 2.05) is 0 Å². The highest BCUT2D eigenvalue weighted by Crippen LogP contribution is 2.20. The standard InChI is InChI=1S/C10H8Br2FNO/c1-6(11)5-14-10(15)7-3-2-4-8(13)9(7)12/h2-4H,1,5H2,(H,14,15). The third kappa shape index (κ3) is 3.43. The van der Waals surface area contributed by atoms with Crippen molar-refractivity contribution in [1.29, 1.82) is 0 Å². The van der Waals surface area contributed by atoms with Crippen molar-refractivity contribution in [1.82, 2.24) is 5.32 Å². The van der Waals surface area contributed by atoms with Crippen LogP contribution in [0.5, 0.6) is 0 Å². The molecule has 0 aromatic heterocycles. The van der Waals surface area contributed by atoms with E-state index in [0.29, 0.717) is 11.0 Å². The quantitative estimate of drug-likeness (QED) is 0.902. The molecule has 0 fully saturated rings. The van der Waals surface area contributed by atoms with Crippen molar-refractivity contribution < 1.29 is 9.18 Å². The lowest BCUT2D eigenvalue weighted by Crippen LogP contribution is -2.24. The summed E-state index contributed by atoms with van der Waals surface area (Å²) in [7, 11) is 0. The number of nitrogens with one attached hydrogen (secondary N) is 1. The van der Waals surface area contributed by atoms with E-state index >= 15 is 0 Å². The van der Waals surface area contributed by atoms with Crippen molar-refractivity contribution in [3.8, 4) is 0 Å². The molecule has 0 radical (unpaired) electrons. The van der Waals surface area contributed by atoms with E-state index in [4.69, 9.17) is 0 Å². The Hall–Kier alpha value is -0.680. The Bertz CT molecular complexity index is 406. The highest BCUT2D eigenvalue weighted by molar-refractivity contribution is 9.11. The van der Waals surface area contributed by atoms with Crippen molar-refractivity contribution in [3.63, 3.8) is 0 Å². The summed E-state index contributed by atoms with van der Waals surface area (Å²) in [5.74, 6) is -0.803. The Balaban J connectivity index is 2.82. The van der Waals surface area contributed by atoms with Crippen LogP contribution in [0.4, 0.5) is 4.39 Å². The van der Waals surface area contributed by atoms with Crippen molar-refractivity contribution in [3.05, 3.63) is 45.1 Å². The predicted octanol–water partition coefficient (Wildman–Crippen LogP) is 3.23. The number of halogens is 3. The molecule has 1 rings (SSSR count). The van der Waals surface area contributed by atoms with Crippen molar-refractivity contribution >= 4 is 37.8 Å². The first kappa shape index (κ1) is 12.4. The molecule has 15 heavy (non-hydrogen) atoms. The largest absolute Gasteiger partial charge is 0.347 e. The third-order valence-electron chi connectivity index (χ3n) is 1.64. The first-order valence-electron chi connectivity index (χ1n) is 4.08. The summed E-state index contributed by atoms with van der Waals surface area (Å²) in [6.07, 6.45) is 0. The van der Waals surface area contributed by atoms with Gasteiger partial charge in [0, 0.05) is 11.0 Å². The van der Waals surface area contributed by atoms with Gasteiger partial charge in [0.2, 0.25) is 0 Å². The van der Waals surface area contributed by atoms with Crippen molar-refractivity contribution in [2.45, 2.75) is 0 Å². The van der Waals surface area contributed by atoms with Crippen LogP contribution in [0.2, 0.25) is 0 Å². The van der Waals surface area contributed by atoms with Gasteiger partial charge in [0.05, 0.1) is 10.0 Å².